The predicted octanol–water partition coefficient (Wildman–Crippen LogP) is -0.0834. The highest BCUT2D eigenvalue weighted by molar-refractivity contribution is 7.80. The topological polar surface area (TPSA) is 101 Å². The van der Waals surface area contributed by atoms with Gasteiger partial charge < -0.3 is 5.11 Å². The van der Waals surface area contributed by atoms with E-state index in [0.717, 1.165) is 0 Å². The summed E-state index contributed by atoms with van der Waals surface area (Å²) in [5.74, 6) is -2.06. The molecule has 0 aliphatic carbocycles. The first-order valence-electron chi connectivity index (χ1n) is 3.21. The fourth-order valence-electron chi connectivity index (χ4n) is 0.532. The molecule has 0 aromatic carbocycles. The highest BCUT2D eigenvalue weighted by Gasteiger charge is 2.18. The number of carboxylic acids is 1. The van der Waals surface area contributed by atoms with Gasteiger partial charge in [0.15, 0.2) is 0 Å². The van der Waals surface area contributed by atoms with Crippen molar-refractivity contribution < 1.29 is 27.1 Å². The van der Waals surface area contributed by atoms with Crippen LogP contribution in [0.15, 0.2) is 0 Å². The third-order valence-corrected chi connectivity index (χ3v) is 1.69. The lowest BCUT2D eigenvalue weighted by atomic mass is 10.1. The molecule has 0 saturated heterocycles. The Morgan fingerprint density at radius 2 is 2.08 bits per heavy atom. The fraction of sp³-hybridized carbons (Fsp3) is 0.800. The zero-order chi connectivity index (χ0) is 9.78. The van der Waals surface area contributed by atoms with E-state index < -0.39 is 28.9 Å². The monoisotopic (exact) mass is 198 g/mol. The van der Waals surface area contributed by atoms with Crippen molar-refractivity contribution in [2.75, 3.05) is 6.61 Å². The van der Waals surface area contributed by atoms with Crippen molar-refractivity contribution in [1.82, 2.24) is 0 Å². The zero-order valence-electron chi connectivity index (χ0n) is 6.43. The summed E-state index contributed by atoms with van der Waals surface area (Å²) < 4.78 is 32.0. The Bertz CT molecular complexity index is 243. The van der Waals surface area contributed by atoms with Crippen molar-refractivity contribution in [3.05, 3.63) is 0 Å². The van der Waals surface area contributed by atoms with E-state index in [-0.39, 0.29) is 6.42 Å². The van der Waals surface area contributed by atoms with E-state index >= 15 is 0 Å². The smallest absolute Gasteiger partial charge is 0.397 e. The lowest BCUT2D eigenvalue weighted by Gasteiger charge is -2.06. The van der Waals surface area contributed by atoms with Crippen LogP contribution in [0, 0.1) is 5.92 Å². The third kappa shape index (κ3) is 5.05. The van der Waals surface area contributed by atoms with Crippen LogP contribution in [0.4, 0.5) is 0 Å². The normalized spacial score (nSPS) is 14.2. The average molecular weight is 198 g/mol. The Hall–Kier alpha value is -0.660. The van der Waals surface area contributed by atoms with Crippen LogP contribution in [-0.4, -0.2) is 30.7 Å². The van der Waals surface area contributed by atoms with Gasteiger partial charge >= 0.3 is 16.4 Å². The van der Waals surface area contributed by atoms with E-state index in [2.05, 4.69) is 4.18 Å². The van der Waals surface area contributed by atoms with Gasteiger partial charge in [-0.25, -0.2) is 4.18 Å². The molecular weight excluding hydrogens is 188 g/mol. The van der Waals surface area contributed by atoms with E-state index in [1.165, 1.54) is 0 Å². The van der Waals surface area contributed by atoms with E-state index in [1.54, 1.807) is 6.92 Å². The molecule has 0 saturated carbocycles. The van der Waals surface area contributed by atoms with Gasteiger partial charge in [-0.1, -0.05) is 6.92 Å². The summed E-state index contributed by atoms with van der Waals surface area (Å²) in [5.41, 5.74) is 0. The van der Waals surface area contributed by atoms with E-state index in [1.807, 2.05) is 0 Å². The minimum atomic E-state index is -4.53. The maximum atomic E-state index is 10.3. The summed E-state index contributed by atoms with van der Waals surface area (Å²) in [6.45, 7) is 1.04. The van der Waals surface area contributed by atoms with E-state index in [9.17, 15) is 13.2 Å². The first-order chi connectivity index (χ1) is 5.37. The van der Waals surface area contributed by atoms with Crippen LogP contribution in [0.1, 0.15) is 13.3 Å². The molecule has 0 fully saturated rings. The number of rotatable bonds is 5. The molecule has 0 aromatic rings. The van der Waals surface area contributed by atoms with Crippen LogP contribution in [0.25, 0.3) is 0 Å². The molecule has 6 nitrogen and oxygen atoms in total. The Labute approximate surface area is 70.1 Å². The van der Waals surface area contributed by atoms with Gasteiger partial charge in [-0.05, 0) is 6.42 Å². The number of carboxylic acid groups (broad SMARTS) is 1. The van der Waals surface area contributed by atoms with Crippen molar-refractivity contribution in [2.24, 2.45) is 5.92 Å². The van der Waals surface area contributed by atoms with Gasteiger partial charge in [0.1, 0.15) is 0 Å². The largest absolute Gasteiger partial charge is 0.481 e. The second kappa shape index (κ2) is 4.39. The second-order valence-electron chi connectivity index (χ2n) is 2.16. The standard InChI is InChI=1S/C5H10O6S/c1-2-4(5(6)7)3-11-12(8,9)10/h4H,2-3H2,1H3,(H,6,7)(H,8,9,10). The summed E-state index contributed by atoms with van der Waals surface area (Å²) in [5, 5.41) is 8.41. The second-order valence-corrected chi connectivity index (χ2v) is 3.25. The maximum Gasteiger partial charge on any atom is 0.397 e. The Balaban J connectivity index is 3.98. The fourth-order valence-corrected chi connectivity index (χ4v) is 0.868. The molecule has 0 aliphatic heterocycles. The number of hydrogen-bond acceptors (Lipinski definition) is 4. The predicted molar refractivity (Wildman–Crippen MR) is 38.9 cm³/mol. The van der Waals surface area contributed by atoms with E-state index in [0.29, 0.717) is 0 Å². The lowest BCUT2D eigenvalue weighted by molar-refractivity contribution is -0.142. The molecule has 0 amide bonds. The van der Waals surface area contributed by atoms with Crippen molar-refractivity contribution in [2.45, 2.75) is 13.3 Å². The average Bonchev–Trinajstić information content (AvgIpc) is 1.85. The summed E-state index contributed by atoms with van der Waals surface area (Å²) in [7, 11) is -4.53. The van der Waals surface area contributed by atoms with Crippen LogP contribution in [0.3, 0.4) is 0 Å². The SMILES string of the molecule is CCC(COS(=O)(=O)O)C(=O)O. The van der Waals surface area contributed by atoms with Crippen molar-refractivity contribution in [1.29, 1.82) is 0 Å². The molecule has 12 heavy (non-hydrogen) atoms. The highest BCUT2D eigenvalue weighted by atomic mass is 32.3. The molecule has 0 spiro atoms. The van der Waals surface area contributed by atoms with Gasteiger partial charge in [0.25, 0.3) is 0 Å². The molecule has 0 radical (unpaired) electrons. The van der Waals surface area contributed by atoms with Crippen LogP contribution in [0.5, 0.6) is 0 Å². The molecule has 1 unspecified atom stereocenters. The summed E-state index contributed by atoms with van der Waals surface area (Å²) >= 11 is 0. The molecule has 7 heteroatoms. The molecule has 0 aliphatic rings. The van der Waals surface area contributed by atoms with Gasteiger partial charge in [0.05, 0.1) is 12.5 Å². The van der Waals surface area contributed by atoms with Crippen LogP contribution in [-0.2, 0) is 19.4 Å². The van der Waals surface area contributed by atoms with Crippen molar-refractivity contribution in [3.8, 4) is 0 Å². The van der Waals surface area contributed by atoms with Crippen molar-refractivity contribution >= 4 is 16.4 Å². The van der Waals surface area contributed by atoms with E-state index in [4.69, 9.17) is 9.66 Å². The first-order valence-corrected chi connectivity index (χ1v) is 4.58. The van der Waals surface area contributed by atoms with Crippen LogP contribution in [0.2, 0.25) is 0 Å². The molecule has 1 atom stereocenters. The van der Waals surface area contributed by atoms with Gasteiger partial charge in [0, 0.05) is 0 Å². The molecule has 72 valence electrons. The van der Waals surface area contributed by atoms with Crippen LogP contribution < -0.4 is 0 Å². The minimum Gasteiger partial charge on any atom is -0.481 e. The summed E-state index contributed by atoms with van der Waals surface area (Å²) in [6.07, 6.45) is 0.241. The Kier molecular flexibility index (Phi) is 4.15. The Morgan fingerprint density at radius 3 is 2.33 bits per heavy atom. The Morgan fingerprint density at radius 1 is 1.58 bits per heavy atom. The summed E-state index contributed by atoms with van der Waals surface area (Å²) in [6, 6.07) is 0. The van der Waals surface area contributed by atoms with Gasteiger partial charge in [-0.15, -0.1) is 0 Å². The lowest BCUT2D eigenvalue weighted by Crippen LogP contribution is -2.20. The highest BCUT2D eigenvalue weighted by Crippen LogP contribution is 2.04. The molecular formula is C5H10O6S. The molecule has 0 heterocycles. The first kappa shape index (κ1) is 11.3. The summed E-state index contributed by atoms with van der Waals surface area (Å²) in [4.78, 5) is 10.3. The quantitative estimate of drug-likeness (QED) is 0.599. The number of aliphatic carboxylic acids is 1. The van der Waals surface area contributed by atoms with Gasteiger partial charge in [0.2, 0.25) is 0 Å². The third-order valence-electron chi connectivity index (χ3n) is 1.26. The van der Waals surface area contributed by atoms with Crippen molar-refractivity contribution in [3.63, 3.8) is 0 Å². The van der Waals surface area contributed by atoms with Gasteiger partial charge in [-0.3, -0.25) is 9.35 Å². The molecule has 0 bridgehead atoms. The zero-order valence-corrected chi connectivity index (χ0v) is 7.24. The van der Waals surface area contributed by atoms with Gasteiger partial charge in [-0.2, -0.15) is 8.42 Å². The molecule has 2 N–H and O–H groups in total. The minimum absolute atomic E-state index is 0.241. The number of carbonyl (C=O) groups is 1. The molecule has 0 aromatic heterocycles. The number of hydrogen-bond donors (Lipinski definition) is 2. The van der Waals surface area contributed by atoms with Crippen LogP contribution >= 0.6 is 0 Å². The molecule has 0 rings (SSSR count). The maximum absolute atomic E-state index is 10.3.